The Morgan fingerprint density at radius 1 is 1.06 bits per heavy atom. The fraction of sp³-hybridized carbons (Fsp3) is 0.600. The van der Waals surface area contributed by atoms with E-state index in [2.05, 4.69) is 49.1 Å². The van der Waals surface area contributed by atoms with Crippen LogP contribution in [0.4, 0.5) is 0 Å². The highest BCUT2D eigenvalue weighted by molar-refractivity contribution is 5.14. The second-order valence-electron chi connectivity index (χ2n) is 4.88. The second kappa shape index (κ2) is 6.18. The maximum absolute atomic E-state index is 6.01. The van der Waals surface area contributed by atoms with Gasteiger partial charge in [0.25, 0.3) is 0 Å². The van der Waals surface area contributed by atoms with E-state index in [4.69, 9.17) is 4.74 Å². The zero-order chi connectivity index (χ0) is 12.1. The van der Waals surface area contributed by atoms with E-state index >= 15 is 0 Å². The molecule has 2 unspecified atom stereocenters. The molecule has 17 heavy (non-hydrogen) atoms. The summed E-state index contributed by atoms with van der Waals surface area (Å²) in [5.74, 6) is 0. The average Bonchev–Trinajstić information content (AvgIpc) is 2.39. The molecule has 0 saturated carbocycles. The van der Waals surface area contributed by atoms with Crippen LogP contribution < -0.4 is 0 Å². The van der Waals surface area contributed by atoms with E-state index in [1.807, 2.05) is 0 Å². The maximum Gasteiger partial charge on any atom is 0.0703 e. The van der Waals surface area contributed by atoms with Gasteiger partial charge in [-0.2, -0.15) is 0 Å². The van der Waals surface area contributed by atoms with E-state index in [1.54, 1.807) is 0 Å². The number of rotatable bonds is 4. The Morgan fingerprint density at radius 3 is 2.18 bits per heavy atom. The molecule has 2 heteroatoms. The van der Waals surface area contributed by atoms with Gasteiger partial charge < -0.3 is 4.74 Å². The van der Waals surface area contributed by atoms with Crippen molar-refractivity contribution in [2.24, 2.45) is 0 Å². The molecule has 0 aromatic heterocycles. The highest BCUT2D eigenvalue weighted by atomic mass is 16.5. The molecule has 1 aromatic carbocycles. The van der Waals surface area contributed by atoms with Crippen LogP contribution in [0.15, 0.2) is 30.3 Å². The molecule has 1 aliphatic heterocycles. The summed E-state index contributed by atoms with van der Waals surface area (Å²) >= 11 is 0. The molecule has 0 N–H and O–H groups in total. The summed E-state index contributed by atoms with van der Waals surface area (Å²) in [6, 6.07) is 10.7. The lowest BCUT2D eigenvalue weighted by molar-refractivity contribution is -0.0892. The van der Waals surface area contributed by atoms with Crippen LogP contribution in [0, 0.1) is 0 Å². The molecule has 94 valence electrons. The molecule has 1 heterocycles. The smallest absolute Gasteiger partial charge is 0.0703 e. The number of hydrogen-bond acceptors (Lipinski definition) is 2. The molecule has 2 atom stereocenters. The zero-order valence-electron chi connectivity index (χ0n) is 10.9. The normalized spacial score (nSPS) is 26.0. The predicted molar refractivity (Wildman–Crippen MR) is 71.0 cm³/mol. The van der Waals surface area contributed by atoms with Crippen molar-refractivity contribution in [2.45, 2.75) is 45.4 Å². The van der Waals surface area contributed by atoms with Crippen LogP contribution in [-0.4, -0.2) is 30.2 Å². The Balaban J connectivity index is 1.95. The first kappa shape index (κ1) is 12.6. The quantitative estimate of drug-likeness (QED) is 0.792. The minimum atomic E-state index is 0.414. The Labute approximate surface area is 105 Å². The van der Waals surface area contributed by atoms with Crippen LogP contribution in [0.2, 0.25) is 0 Å². The van der Waals surface area contributed by atoms with Crippen LogP contribution in [0.1, 0.15) is 32.3 Å². The second-order valence-corrected chi connectivity index (χ2v) is 4.88. The van der Waals surface area contributed by atoms with Gasteiger partial charge in [0.15, 0.2) is 0 Å². The average molecular weight is 233 g/mol. The topological polar surface area (TPSA) is 12.5 Å². The summed E-state index contributed by atoms with van der Waals surface area (Å²) in [4.78, 5) is 2.53. The van der Waals surface area contributed by atoms with Crippen molar-refractivity contribution >= 4 is 0 Å². The van der Waals surface area contributed by atoms with Crippen LogP contribution in [0.25, 0.3) is 0 Å². The zero-order valence-corrected chi connectivity index (χ0v) is 10.9. The number of nitrogens with zero attached hydrogens (tertiary/aromatic N) is 1. The molecule has 0 spiro atoms. The summed E-state index contributed by atoms with van der Waals surface area (Å²) in [6.07, 6.45) is 3.05. The lowest BCUT2D eigenvalue weighted by Gasteiger charge is -2.37. The number of ether oxygens (including phenoxy) is 1. The van der Waals surface area contributed by atoms with Crippen LogP contribution in [-0.2, 0) is 11.3 Å². The molecule has 1 aromatic rings. The number of hydrogen-bond donors (Lipinski definition) is 0. The summed E-state index contributed by atoms with van der Waals surface area (Å²) in [5.41, 5.74) is 1.40. The van der Waals surface area contributed by atoms with Gasteiger partial charge in [-0.05, 0) is 18.4 Å². The Kier molecular flexibility index (Phi) is 4.57. The summed E-state index contributed by atoms with van der Waals surface area (Å²) in [6.45, 7) is 7.62. The van der Waals surface area contributed by atoms with Crippen molar-refractivity contribution in [3.05, 3.63) is 35.9 Å². The van der Waals surface area contributed by atoms with Crippen molar-refractivity contribution in [1.29, 1.82) is 0 Å². The van der Waals surface area contributed by atoms with Crippen molar-refractivity contribution < 1.29 is 4.74 Å². The summed E-state index contributed by atoms with van der Waals surface area (Å²) in [5, 5.41) is 0. The first-order chi connectivity index (χ1) is 8.31. The van der Waals surface area contributed by atoms with Crippen LogP contribution in [0.3, 0.4) is 0 Å². The molecule has 1 fully saturated rings. The summed E-state index contributed by atoms with van der Waals surface area (Å²) in [7, 11) is 0. The van der Waals surface area contributed by atoms with Gasteiger partial charge in [0, 0.05) is 19.6 Å². The maximum atomic E-state index is 6.01. The van der Waals surface area contributed by atoms with E-state index in [0.29, 0.717) is 12.2 Å². The predicted octanol–water partition coefficient (Wildman–Crippen LogP) is 3.08. The first-order valence-electron chi connectivity index (χ1n) is 6.73. The van der Waals surface area contributed by atoms with Crippen molar-refractivity contribution in [3.8, 4) is 0 Å². The largest absolute Gasteiger partial charge is 0.372 e. The van der Waals surface area contributed by atoms with Crippen molar-refractivity contribution in [3.63, 3.8) is 0 Å². The highest BCUT2D eigenvalue weighted by Crippen LogP contribution is 2.18. The van der Waals surface area contributed by atoms with E-state index < -0.39 is 0 Å². The number of morpholine rings is 1. The molecular formula is C15H23NO. The molecule has 0 bridgehead atoms. The van der Waals surface area contributed by atoms with Gasteiger partial charge in [0.2, 0.25) is 0 Å². The minimum Gasteiger partial charge on any atom is -0.372 e. The SMILES string of the molecule is CCC1CN(Cc2ccccc2)CC(CC)O1. The van der Waals surface area contributed by atoms with Gasteiger partial charge in [-0.15, -0.1) is 0 Å². The minimum absolute atomic E-state index is 0.414. The first-order valence-corrected chi connectivity index (χ1v) is 6.73. The highest BCUT2D eigenvalue weighted by Gasteiger charge is 2.25. The summed E-state index contributed by atoms with van der Waals surface area (Å²) < 4.78 is 6.01. The Hall–Kier alpha value is -0.860. The molecule has 1 aliphatic rings. The molecular weight excluding hydrogens is 210 g/mol. The molecule has 2 nitrogen and oxygen atoms in total. The lowest BCUT2D eigenvalue weighted by atomic mass is 10.1. The van der Waals surface area contributed by atoms with E-state index in [9.17, 15) is 0 Å². The molecule has 1 saturated heterocycles. The van der Waals surface area contributed by atoms with Gasteiger partial charge in [0.1, 0.15) is 0 Å². The van der Waals surface area contributed by atoms with Crippen molar-refractivity contribution in [1.82, 2.24) is 4.90 Å². The molecule has 0 amide bonds. The van der Waals surface area contributed by atoms with Gasteiger partial charge in [0.05, 0.1) is 12.2 Å². The van der Waals surface area contributed by atoms with Crippen LogP contribution in [0.5, 0.6) is 0 Å². The van der Waals surface area contributed by atoms with Gasteiger partial charge in [-0.3, -0.25) is 4.90 Å². The van der Waals surface area contributed by atoms with Crippen molar-refractivity contribution in [2.75, 3.05) is 13.1 Å². The van der Waals surface area contributed by atoms with Gasteiger partial charge in [-0.25, -0.2) is 0 Å². The lowest BCUT2D eigenvalue weighted by Crippen LogP contribution is -2.46. The van der Waals surface area contributed by atoms with Gasteiger partial charge in [-0.1, -0.05) is 44.2 Å². The third kappa shape index (κ3) is 3.55. The third-order valence-electron chi connectivity index (χ3n) is 3.47. The fourth-order valence-corrected chi connectivity index (χ4v) is 2.43. The Bertz CT molecular complexity index is 313. The molecule has 0 radical (unpaired) electrons. The monoisotopic (exact) mass is 233 g/mol. The van der Waals surface area contributed by atoms with E-state index in [1.165, 1.54) is 5.56 Å². The van der Waals surface area contributed by atoms with E-state index in [-0.39, 0.29) is 0 Å². The van der Waals surface area contributed by atoms with Crippen LogP contribution >= 0.6 is 0 Å². The van der Waals surface area contributed by atoms with E-state index in [0.717, 1.165) is 32.5 Å². The number of benzene rings is 1. The molecule has 0 aliphatic carbocycles. The fourth-order valence-electron chi connectivity index (χ4n) is 2.43. The Morgan fingerprint density at radius 2 is 1.65 bits per heavy atom. The standard InChI is InChI=1S/C15H23NO/c1-3-14-11-16(12-15(4-2)17-14)10-13-8-6-5-7-9-13/h5-9,14-15H,3-4,10-12H2,1-2H3. The molecule has 2 rings (SSSR count). The third-order valence-corrected chi connectivity index (χ3v) is 3.47. The van der Waals surface area contributed by atoms with Gasteiger partial charge >= 0.3 is 0 Å².